The second-order valence-electron chi connectivity index (χ2n) is 7.53. The highest BCUT2D eigenvalue weighted by Crippen LogP contribution is 2.25. The van der Waals surface area contributed by atoms with Gasteiger partial charge in [-0.15, -0.1) is 0 Å². The van der Waals surface area contributed by atoms with Gasteiger partial charge >= 0.3 is 5.97 Å². The van der Waals surface area contributed by atoms with Gasteiger partial charge in [0.1, 0.15) is 11.6 Å². The number of carbonyl (C=O) groups excluding carboxylic acids is 1. The summed E-state index contributed by atoms with van der Waals surface area (Å²) in [5.41, 5.74) is 2.11. The number of halogens is 2. The third kappa shape index (κ3) is 5.09. The average molecular weight is 463 g/mol. The molecule has 1 atom stereocenters. The minimum Gasteiger partial charge on any atom is -0.493 e. The summed E-state index contributed by atoms with van der Waals surface area (Å²) < 4.78 is 27.7. The summed E-state index contributed by atoms with van der Waals surface area (Å²) >= 11 is 0. The lowest BCUT2D eigenvalue weighted by Gasteiger charge is -2.17. The summed E-state index contributed by atoms with van der Waals surface area (Å²) in [4.78, 5) is 24.2. The zero-order valence-electron chi connectivity index (χ0n) is 17.7. The third-order valence-electron chi connectivity index (χ3n) is 5.15. The SMILES string of the molecule is O=C(O)CC(NC(=O)c1cc(O)n(-c2ccc(F)cc2)n1)c1ccc(-c2cccc(F)c2)cc1. The fraction of sp³-hybridized carbons (Fsp3) is 0.0800. The molecule has 1 unspecified atom stereocenters. The molecule has 3 aromatic carbocycles. The first-order valence-corrected chi connectivity index (χ1v) is 10.2. The monoisotopic (exact) mass is 463 g/mol. The number of rotatable bonds is 7. The Kier molecular flexibility index (Phi) is 6.35. The van der Waals surface area contributed by atoms with Gasteiger partial charge in [0.25, 0.3) is 5.91 Å². The maximum absolute atomic E-state index is 13.5. The molecule has 0 radical (unpaired) electrons. The van der Waals surface area contributed by atoms with E-state index >= 15 is 0 Å². The van der Waals surface area contributed by atoms with Crippen molar-refractivity contribution in [2.24, 2.45) is 0 Å². The Balaban J connectivity index is 1.56. The molecule has 0 aliphatic heterocycles. The first-order chi connectivity index (χ1) is 16.3. The lowest BCUT2D eigenvalue weighted by Crippen LogP contribution is -2.30. The van der Waals surface area contributed by atoms with Gasteiger partial charge in [-0.2, -0.15) is 5.10 Å². The Hall–Kier alpha value is -4.53. The molecule has 0 saturated heterocycles. The van der Waals surface area contributed by atoms with Gasteiger partial charge in [-0.25, -0.2) is 13.5 Å². The minimum atomic E-state index is -1.13. The van der Waals surface area contributed by atoms with Crippen molar-refractivity contribution in [3.63, 3.8) is 0 Å². The Morgan fingerprint density at radius 2 is 1.62 bits per heavy atom. The van der Waals surface area contributed by atoms with Crippen LogP contribution in [-0.2, 0) is 4.79 Å². The molecular formula is C25H19F2N3O4. The number of carboxylic acids is 1. The molecule has 9 heteroatoms. The van der Waals surface area contributed by atoms with Crippen LogP contribution in [0.1, 0.15) is 28.5 Å². The molecule has 7 nitrogen and oxygen atoms in total. The van der Waals surface area contributed by atoms with Crippen molar-refractivity contribution >= 4 is 11.9 Å². The van der Waals surface area contributed by atoms with Gasteiger partial charge in [0.2, 0.25) is 5.88 Å². The molecule has 1 amide bonds. The number of nitrogens with one attached hydrogen (secondary N) is 1. The first kappa shape index (κ1) is 22.7. The van der Waals surface area contributed by atoms with E-state index in [2.05, 4.69) is 10.4 Å². The highest BCUT2D eigenvalue weighted by atomic mass is 19.1. The van der Waals surface area contributed by atoms with E-state index in [1.54, 1.807) is 36.4 Å². The highest BCUT2D eigenvalue weighted by Gasteiger charge is 2.22. The van der Waals surface area contributed by atoms with Gasteiger partial charge in [-0.1, -0.05) is 36.4 Å². The molecule has 0 aliphatic rings. The van der Waals surface area contributed by atoms with Crippen LogP contribution in [0.15, 0.2) is 78.9 Å². The molecule has 4 rings (SSSR count). The predicted octanol–water partition coefficient (Wildman–Crippen LogP) is 4.47. The van der Waals surface area contributed by atoms with E-state index < -0.39 is 30.2 Å². The lowest BCUT2D eigenvalue weighted by atomic mass is 9.99. The van der Waals surface area contributed by atoms with Crippen LogP contribution in [0.5, 0.6) is 5.88 Å². The summed E-state index contributed by atoms with van der Waals surface area (Å²) in [6, 6.07) is 18.2. The maximum Gasteiger partial charge on any atom is 0.305 e. The normalized spacial score (nSPS) is 11.7. The van der Waals surface area contributed by atoms with Crippen molar-refractivity contribution in [3.8, 4) is 22.7 Å². The number of aliphatic carboxylic acids is 1. The van der Waals surface area contributed by atoms with E-state index in [4.69, 9.17) is 0 Å². The van der Waals surface area contributed by atoms with Gasteiger partial charge in [0.05, 0.1) is 18.2 Å². The van der Waals surface area contributed by atoms with Crippen molar-refractivity contribution in [2.45, 2.75) is 12.5 Å². The Morgan fingerprint density at radius 3 is 2.26 bits per heavy atom. The van der Waals surface area contributed by atoms with Crippen molar-refractivity contribution in [3.05, 3.63) is 102 Å². The second kappa shape index (κ2) is 9.53. The van der Waals surface area contributed by atoms with E-state index in [1.807, 2.05) is 0 Å². The van der Waals surface area contributed by atoms with Crippen molar-refractivity contribution in [1.29, 1.82) is 0 Å². The third-order valence-corrected chi connectivity index (χ3v) is 5.15. The number of carboxylic acid groups (broad SMARTS) is 1. The molecule has 4 aromatic rings. The van der Waals surface area contributed by atoms with E-state index in [0.717, 1.165) is 16.3 Å². The van der Waals surface area contributed by atoms with Crippen LogP contribution in [0.2, 0.25) is 0 Å². The molecule has 3 N–H and O–H groups in total. The minimum absolute atomic E-state index is 0.145. The largest absolute Gasteiger partial charge is 0.493 e. The molecule has 0 fully saturated rings. The topological polar surface area (TPSA) is 104 Å². The second-order valence-corrected chi connectivity index (χ2v) is 7.53. The number of amides is 1. The predicted molar refractivity (Wildman–Crippen MR) is 119 cm³/mol. The van der Waals surface area contributed by atoms with Crippen LogP contribution in [-0.4, -0.2) is 31.9 Å². The molecule has 0 aliphatic carbocycles. The molecule has 34 heavy (non-hydrogen) atoms. The van der Waals surface area contributed by atoms with E-state index in [0.29, 0.717) is 16.8 Å². The van der Waals surface area contributed by atoms with Gasteiger partial charge in [-0.05, 0) is 53.1 Å². The van der Waals surface area contributed by atoms with E-state index in [-0.39, 0.29) is 17.4 Å². The highest BCUT2D eigenvalue weighted by molar-refractivity contribution is 5.93. The maximum atomic E-state index is 13.5. The van der Waals surface area contributed by atoms with Crippen LogP contribution in [0, 0.1) is 11.6 Å². The summed E-state index contributed by atoms with van der Waals surface area (Å²) in [5, 5.41) is 26.2. The van der Waals surface area contributed by atoms with Crippen LogP contribution < -0.4 is 5.32 Å². The van der Waals surface area contributed by atoms with Gasteiger partial charge in [-0.3, -0.25) is 9.59 Å². The summed E-state index contributed by atoms with van der Waals surface area (Å²) in [5.74, 6) is -3.00. The van der Waals surface area contributed by atoms with Crippen molar-refractivity contribution in [2.75, 3.05) is 0 Å². The first-order valence-electron chi connectivity index (χ1n) is 10.2. The standard InChI is InChI=1S/C25H19F2N3O4/c26-18-8-10-20(11-9-18)30-23(31)13-22(29-30)25(34)28-21(14-24(32)33)16-6-4-15(5-7-16)17-2-1-3-19(27)12-17/h1-13,21,31H,14H2,(H,28,34)(H,32,33). The summed E-state index contributed by atoms with van der Waals surface area (Å²) in [7, 11) is 0. The van der Waals surface area contributed by atoms with Gasteiger partial charge < -0.3 is 15.5 Å². The number of carbonyl (C=O) groups is 2. The number of nitrogens with zero attached hydrogens (tertiary/aromatic N) is 2. The average Bonchev–Trinajstić information content (AvgIpc) is 3.21. The molecule has 0 spiro atoms. The quantitative estimate of drug-likeness (QED) is 0.375. The zero-order valence-corrected chi connectivity index (χ0v) is 17.7. The molecule has 0 bridgehead atoms. The van der Waals surface area contributed by atoms with E-state index in [1.165, 1.54) is 36.4 Å². The number of aromatic nitrogens is 2. The smallest absolute Gasteiger partial charge is 0.305 e. The fourth-order valence-corrected chi connectivity index (χ4v) is 3.49. The number of hydrogen-bond acceptors (Lipinski definition) is 4. The molecular weight excluding hydrogens is 444 g/mol. The molecule has 1 heterocycles. The van der Waals surface area contributed by atoms with Crippen LogP contribution >= 0.6 is 0 Å². The summed E-state index contributed by atoms with van der Waals surface area (Å²) in [6.07, 6.45) is -0.393. The zero-order chi connectivity index (χ0) is 24.2. The Morgan fingerprint density at radius 1 is 0.912 bits per heavy atom. The number of hydrogen-bond donors (Lipinski definition) is 3. The van der Waals surface area contributed by atoms with Gasteiger partial charge in [0.15, 0.2) is 5.69 Å². The van der Waals surface area contributed by atoms with Crippen LogP contribution in [0.4, 0.5) is 8.78 Å². The van der Waals surface area contributed by atoms with E-state index in [9.17, 15) is 28.6 Å². The van der Waals surface area contributed by atoms with Crippen LogP contribution in [0.3, 0.4) is 0 Å². The number of benzene rings is 3. The molecule has 1 aromatic heterocycles. The Bertz CT molecular complexity index is 1340. The number of aromatic hydroxyl groups is 1. The molecule has 0 saturated carbocycles. The lowest BCUT2D eigenvalue weighted by molar-refractivity contribution is -0.137. The fourth-order valence-electron chi connectivity index (χ4n) is 3.49. The van der Waals surface area contributed by atoms with Crippen LogP contribution in [0.25, 0.3) is 16.8 Å². The van der Waals surface area contributed by atoms with Crippen molar-refractivity contribution in [1.82, 2.24) is 15.1 Å². The van der Waals surface area contributed by atoms with Gasteiger partial charge in [0, 0.05) is 6.07 Å². The molecule has 172 valence electrons. The van der Waals surface area contributed by atoms with Crippen molar-refractivity contribution < 1.29 is 28.6 Å². The Labute approximate surface area is 192 Å². The summed E-state index contributed by atoms with van der Waals surface area (Å²) in [6.45, 7) is 0.